The number of nitriles is 1. The molecule has 1 heterocycles. The van der Waals surface area contributed by atoms with Gasteiger partial charge in [-0.05, 0) is 31.2 Å². The fraction of sp³-hybridized carbons (Fsp3) is 0.0833. The SMILES string of the molecule is Cc1[nH]c(-c2cc(Br)ccc2F)cc1C#N. The van der Waals surface area contributed by atoms with E-state index in [9.17, 15) is 4.39 Å². The average molecular weight is 279 g/mol. The number of rotatable bonds is 1. The smallest absolute Gasteiger partial charge is 0.132 e. The molecule has 2 aromatic rings. The van der Waals surface area contributed by atoms with Crippen molar-refractivity contribution >= 4 is 15.9 Å². The number of benzene rings is 1. The molecule has 0 aliphatic carbocycles. The first-order chi connectivity index (χ1) is 7.61. The first-order valence-electron chi connectivity index (χ1n) is 4.67. The Balaban J connectivity index is 2.59. The Hall–Kier alpha value is -1.60. The van der Waals surface area contributed by atoms with Crippen LogP contribution in [0.2, 0.25) is 0 Å². The molecule has 80 valence electrons. The Morgan fingerprint density at radius 2 is 2.12 bits per heavy atom. The summed E-state index contributed by atoms with van der Waals surface area (Å²) in [5, 5.41) is 8.83. The second kappa shape index (κ2) is 4.11. The lowest BCUT2D eigenvalue weighted by Crippen LogP contribution is -1.84. The molecule has 0 aliphatic heterocycles. The van der Waals surface area contributed by atoms with Gasteiger partial charge in [0.05, 0.1) is 5.56 Å². The maximum Gasteiger partial charge on any atom is 0.132 e. The van der Waals surface area contributed by atoms with E-state index in [4.69, 9.17) is 5.26 Å². The Bertz CT molecular complexity index is 581. The van der Waals surface area contributed by atoms with Crippen LogP contribution >= 0.6 is 15.9 Å². The molecule has 2 nitrogen and oxygen atoms in total. The molecule has 0 amide bonds. The Morgan fingerprint density at radius 3 is 2.75 bits per heavy atom. The highest BCUT2D eigenvalue weighted by Crippen LogP contribution is 2.27. The van der Waals surface area contributed by atoms with Gasteiger partial charge in [0.15, 0.2) is 0 Å². The summed E-state index contributed by atoms with van der Waals surface area (Å²) in [5.74, 6) is -0.311. The zero-order valence-corrected chi connectivity index (χ0v) is 10.1. The minimum absolute atomic E-state index is 0.311. The van der Waals surface area contributed by atoms with E-state index in [0.29, 0.717) is 16.8 Å². The standard InChI is InChI=1S/C12H8BrFN2/c1-7-8(6-15)4-12(16-7)10-5-9(13)2-3-11(10)14/h2-5,16H,1H3. The number of H-pyrrole nitrogens is 1. The van der Waals surface area contributed by atoms with Crippen LogP contribution in [0.1, 0.15) is 11.3 Å². The third-order valence-electron chi connectivity index (χ3n) is 2.35. The second-order valence-electron chi connectivity index (χ2n) is 3.46. The lowest BCUT2D eigenvalue weighted by Gasteiger charge is -2.00. The van der Waals surface area contributed by atoms with E-state index >= 15 is 0 Å². The predicted molar refractivity (Wildman–Crippen MR) is 63.3 cm³/mol. The van der Waals surface area contributed by atoms with Gasteiger partial charge in [-0.15, -0.1) is 0 Å². The normalized spacial score (nSPS) is 10.1. The molecule has 0 saturated carbocycles. The van der Waals surface area contributed by atoms with Crippen molar-refractivity contribution in [3.05, 3.63) is 45.8 Å². The highest BCUT2D eigenvalue weighted by atomic mass is 79.9. The topological polar surface area (TPSA) is 39.6 Å². The van der Waals surface area contributed by atoms with Crippen molar-refractivity contribution in [3.63, 3.8) is 0 Å². The van der Waals surface area contributed by atoms with Gasteiger partial charge in [-0.2, -0.15) is 5.26 Å². The quantitative estimate of drug-likeness (QED) is 0.848. The molecule has 16 heavy (non-hydrogen) atoms. The van der Waals surface area contributed by atoms with Crippen molar-refractivity contribution in [1.82, 2.24) is 4.98 Å². The number of nitrogens with zero attached hydrogens (tertiary/aromatic N) is 1. The van der Waals surface area contributed by atoms with Gasteiger partial charge < -0.3 is 4.98 Å². The minimum atomic E-state index is -0.311. The summed E-state index contributed by atoms with van der Waals surface area (Å²) in [5.41, 5.74) is 2.36. The lowest BCUT2D eigenvalue weighted by molar-refractivity contribution is 0.630. The van der Waals surface area contributed by atoms with Crippen LogP contribution in [0.25, 0.3) is 11.3 Å². The largest absolute Gasteiger partial charge is 0.357 e. The number of aromatic nitrogens is 1. The van der Waals surface area contributed by atoms with Crippen LogP contribution < -0.4 is 0 Å². The van der Waals surface area contributed by atoms with Gasteiger partial charge in [-0.25, -0.2) is 4.39 Å². The number of halogens is 2. The minimum Gasteiger partial charge on any atom is -0.357 e. The summed E-state index contributed by atoms with van der Waals surface area (Å²) in [7, 11) is 0. The molecule has 1 N–H and O–H groups in total. The summed E-state index contributed by atoms with van der Waals surface area (Å²) in [6.07, 6.45) is 0. The summed E-state index contributed by atoms with van der Waals surface area (Å²) in [6.45, 7) is 1.79. The molecule has 0 unspecified atom stereocenters. The van der Waals surface area contributed by atoms with Crippen molar-refractivity contribution < 1.29 is 4.39 Å². The number of hydrogen-bond acceptors (Lipinski definition) is 1. The fourth-order valence-corrected chi connectivity index (χ4v) is 1.88. The van der Waals surface area contributed by atoms with Gasteiger partial charge in [0, 0.05) is 21.4 Å². The molecule has 0 spiro atoms. The van der Waals surface area contributed by atoms with Crippen LogP contribution in [0.15, 0.2) is 28.7 Å². The predicted octanol–water partition coefficient (Wildman–Crippen LogP) is 3.76. The molecular formula is C12H8BrFN2. The van der Waals surface area contributed by atoms with Gasteiger partial charge in [-0.1, -0.05) is 15.9 Å². The van der Waals surface area contributed by atoms with Gasteiger partial charge in [-0.3, -0.25) is 0 Å². The highest BCUT2D eigenvalue weighted by Gasteiger charge is 2.10. The molecule has 0 fully saturated rings. The molecule has 2 rings (SSSR count). The number of aryl methyl sites for hydroxylation is 1. The first kappa shape index (κ1) is 10.9. The maximum atomic E-state index is 13.6. The van der Waals surface area contributed by atoms with E-state index in [1.807, 2.05) is 0 Å². The Morgan fingerprint density at radius 1 is 1.38 bits per heavy atom. The van der Waals surface area contributed by atoms with E-state index < -0.39 is 0 Å². The summed E-state index contributed by atoms with van der Waals surface area (Å²) in [6, 6.07) is 8.42. The van der Waals surface area contributed by atoms with E-state index in [0.717, 1.165) is 10.2 Å². The van der Waals surface area contributed by atoms with Crippen LogP contribution in [0.4, 0.5) is 4.39 Å². The molecule has 1 aromatic heterocycles. The monoisotopic (exact) mass is 278 g/mol. The molecular weight excluding hydrogens is 271 g/mol. The van der Waals surface area contributed by atoms with Gasteiger partial charge in [0.2, 0.25) is 0 Å². The fourth-order valence-electron chi connectivity index (χ4n) is 1.52. The van der Waals surface area contributed by atoms with Crippen molar-refractivity contribution in [1.29, 1.82) is 5.26 Å². The lowest BCUT2D eigenvalue weighted by atomic mass is 10.1. The van der Waals surface area contributed by atoms with Gasteiger partial charge >= 0.3 is 0 Å². The number of nitrogens with one attached hydrogen (secondary N) is 1. The zero-order chi connectivity index (χ0) is 11.7. The molecule has 1 aromatic carbocycles. The van der Waals surface area contributed by atoms with E-state index in [-0.39, 0.29) is 5.82 Å². The molecule has 0 bridgehead atoms. The van der Waals surface area contributed by atoms with E-state index in [1.54, 1.807) is 25.1 Å². The summed E-state index contributed by atoms with van der Waals surface area (Å²) >= 11 is 3.29. The maximum absolute atomic E-state index is 13.6. The number of hydrogen-bond donors (Lipinski definition) is 1. The average Bonchev–Trinajstić information content (AvgIpc) is 2.63. The summed E-state index contributed by atoms with van der Waals surface area (Å²) < 4.78 is 14.4. The highest BCUT2D eigenvalue weighted by molar-refractivity contribution is 9.10. The zero-order valence-electron chi connectivity index (χ0n) is 8.51. The van der Waals surface area contributed by atoms with Crippen LogP contribution in [0, 0.1) is 24.1 Å². The van der Waals surface area contributed by atoms with Crippen molar-refractivity contribution in [2.45, 2.75) is 6.92 Å². The van der Waals surface area contributed by atoms with Crippen LogP contribution in [0.3, 0.4) is 0 Å². The van der Waals surface area contributed by atoms with Crippen molar-refractivity contribution in [3.8, 4) is 17.3 Å². The van der Waals surface area contributed by atoms with Crippen LogP contribution in [0.5, 0.6) is 0 Å². The van der Waals surface area contributed by atoms with E-state index in [1.165, 1.54) is 6.07 Å². The van der Waals surface area contributed by atoms with E-state index in [2.05, 4.69) is 27.0 Å². The molecule has 4 heteroatoms. The second-order valence-corrected chi connectivity index (χ2v) is 4.37. The van der Waals surface area contributed by atoms with Crippen molar-refractivity contribution in [2.75, 3.05) is 0 Å². The van der Waals surface area contributed by atoms with Crippen molar-refractivity contribution in [2.24, 2.45) is 0 Å². The number of aromatic amines is 1. The van der Waals surface area contributed by atoms with Gasteiger partial charge in [0.1, 0.15) is 11.9 Å². The third kappa shape index (κ3) is 1.86. The molecule has 0 aliphatic rings. The van der Waals surface area contributed by atoms with Gasteiger partial charge in [0.25, 0.3) is 0 Å². The molecule has 0 atom stereocenters. The molecule has 0 radical (unpaired) electrons. The summed E-state index contributed by atoms with van der Waals surface area (Å²) in [4.78, 5) is 3.00. The Labute approximate surface area is 101 Å². The van der Waals surface area contributed by atoms with Crippen LogP contribution in [-0.4, -0.2) is 4.98 Å². The molecule has 0 saturated heterocycles. The third-order valence-corrected chi connectivity index (χ3v) is 2.85. The first-order valence-corrected chi connectivity index (χ1v) is 5.46. The van der Waals surface area contributed by atoms with Crippen LogP contribution in [-0.2, 0) is 0 Å². The Kier molecular flexibility index (Phi) is 2.80.